The van der Waals surface area contributed by atoms with E-state index in [0.29, 0.717) is 4.99 Å². The van der Waals surface area contributed by atoms with Gasteiger partial charge in [0.05, 0.1) is 5.69 Å². The summed E-state index contributed by atoms with van der Waals surface area (Å²) in [5.41, 5.74) is 7.36. The summed E-state index contributed by atoms with van der Waals surface area (Å²) in [6.45, 7) is 3.75. The molecule has 0 amide bonds. The molecular formula is C11H12N4S. The van der Waals surface area contributed by atoms with E-state index in [1.165, 1.54) is 0 Å². The molecule has 0 unspecified atom stereocenters. The van der Waals surface area contributed by atoms with Gasteiger partial charge in [0.2, 0.25) is 0 Å². The van der Waals surface area contributed by atoms with Crippen LogP contribution in [0, 0.1) is 13.8 Å². The quantitative estimate of drug-likeness (QED) is 0.798. The molecule has 0 atom stereocenters. The van der Waals surface area contributed by atoms with Crippen LogP contribution in [0.3, 0.4) is 0 Å². The Morgan fingerprint density at radius 3 is 2.56 bits per heavy atom. The summed E-state index contributed by atoms with van der Waals surface area (Å²) in [7, 11) is 0. The summed E-state index contributed by atoms with van der Waals surface area (Å²) in [6, 6.07) is 7.63. The van der Waals surface area contributed by atoms with Gasteiger partial charge in [0.25, 0.3) is 0 Å². The molecule has 1 aromatic carbocycles. The number of aromatic nitrogens is 3. The molecule has 0 fully saturated rings. The van der Waals surface area contributed by atoms with Crippen molar-refractivity contribution in [1.82, 2.24) is 14.8 Å². The molecule has 0 saturated carbocycles. The Kier molecular flexibility index (Phi) is 2.70. The first-order valence-electron chi connectivity index (χ1n) is 4.89. The largest absolute Gasteiger partial charge is 0.389 e. The van der Waals surface area contributed by atoms with Crippen LogP contribution in [0.5, 0.6) is 0 Å². The smallest absolute Gasteiger partial charge is 0.148 e. The van der Waals surface area contributed by atoms with Gasteiger partial charge in [-0.25, -0.2) is 9.67 Å². The fraction of sp³-hybridized carbons (Fsp3) is 0.182. The molecule has 2 N–H and O–H groups in total. The molecule has 0 saturated heterocycles. The standard InChI is InChI=1S/C11H12N4S/c1-7-13-8(2)15(14-7)10-6-4-3-5-9(10)11(12)16/h3-6H,1-2H3,(H2,12,16). The average molecular weight is 232 g/mol. The number of aryl methyl sites for hydroxylation is 2. The molecule has 1 aromatic heterocycles. The molecule has 0 aliphatic carbocycles. The van der Waals surface area contributed by atoms with Crippen LogP contribution in [0.25, 0.3) is 5.69 Å². The molecule has 0 aliphatic heterocycles. The predicted molar refractivity (Wildman–Crippen MR) is 66.7 cm³/mol. The minimum absolute atomic E-state index is 0.364. The van der Waals surface area contributed by atoms with Crippen molar-refractivity contribution in [2.45, 2.75) is 13.8 Å². The molecule has 0 spiro atoms. The van der Waals surface area contributed by atoms with Crippen LogP contribution in [0.2, 0.25) is 0 Å². The van der Waals surface area contributed by atoms with E-state index in [1.807, 2.05) is 38.1 Å². The maximum atomic E-state index is 5.68. The van der Waals surface area contributed by atoms with Gasteiger partial charge in [-0.2, -0.15) is 5.10 Å². The van der Waals surface area contributed by atoms with E-state index in [-0.39, 0.29) is 0 Å². The Bertz CT molecular complexity index is 545. The van der Waals surface area contributed by atoms with E-state index in [2.05, 4.69) is 10.1 Å². The normalized spacial score (nSPS) is 10.4. The van der Waals surface area contributed by atoms with Gasteiger partial charge in [0, 0.05) is 5.56 Å². The van der Waals surface area contributed by atoms with Gasteiger partial charge in [-0.15, -0.1) is 0 Å². The molecule has 0 radical (unpaired) electrons. The zero-order valence-corrected chi connectivity index (χ0v) is 9.95. The van der Waals surface area contributed by atoms with Gasteiger partial charge in [-0.1, -0.05) is 24.4 Å². The number of nitrogens with zero attached hydrogens (tertiary/aromatic N) is 3. The Morgan fingerprint density at radius 1 is 1.31 bits per heavy atom. The van der Waals surface area contributed by atoms with Gasteiger partial charge >= 0.3 is 0 Å². The van der Waals surface area contributed by atoms with Crippen LogP contribution in [-0.2, 0) is 0 Å². The van der Waals surface area contributed by atoms with Crippen molar-refractivity contribution < 1.29 is 0 Å². The molecule has 82 valence electrons. The molecule has 16 heavy (non-hydrogen) atoms. The highest BCUT2D eigenvalue weighted by Gasteiger charge is 2.10. The van der Waals surface area contributed by atoms with Gasteiger partial charge in [-0.05, 0) is 26.0 Å². The van der Waals surface area contributed by atoms with Crippen molar-refractivity contribution in [1.29, 1.82) is 0 Å². The maximum Gasteiger partial charge on any atom is 0.148 e. The third kappa shape index (κ3) is 1.81. The van der Waals surface area contributed by atoms with Gasteiger partial charge in [-0.3, -0.25) is 0 Å². The van der Waals surface area contributed by atoms with E-state index in [9.17, 15) is 0 Å². The Hall–Kier alpha value is -1.75. The maximum absolute atomic E-state index is 5.68. The second kappa shape index (κ2) is 4.02. The van der Waals surface area contributed by atoms with Gasteiger partial charge in [0.1, 0.15) is 16.6 Å². The second-order valence-corrected chi connectivity index (χ2v) is 3.94. The minimum atomic E-state index is 0.364. The van der Waals surface area contributed by atoms with E-state index in [1.54, 1.807) is 4.68 Å². The van der Waals surface area contributed by atoms with Crippen LogP contribution in [0.1, 0.15) is 17.2 Å². The average Bonchev–Trinajstić information content (AvgIpc) is 2.57. The lowest BCUT2D eigenvalue weighted by molar-refractivity contribution is 0.830. The van der Waals surface area contributed by atoms with E-state index in [4.69, 9.17) is 18.0 Å². The molecule has 4 nitrogen and oxygen atoms in total. The lowest BCUT2D eigenvalue weighted by Gasteiger charge is -2.08. The monoisotopic (exact) mass is 232 g/mol. The van der Waals surface area contributed by atoms with Crippen molar-refractivity contribution in [3.63, 3.8) is 0 Å². The van der Waals surface area contributed by atoms with Crippen LogP contribution < -0.4 is 5.73 Å². The summed E-state index contributed by atoms with van der Waals surface area (Å²) >= 11 is 5.02. The summed E-state index contributed by atoms with van der Waals surface area (Å²) in [4.78, 5) is 4.62. The number of nitrogens with two attached hydrogens (primary N) is 1. The van der Waals surface area contributed by atoms with Crippen molar-refractivity contribution in [2.75, 3.05) is 0 Å². The molecule has 1 heterocycles. The molecule has 5 heteroatoms. The second-order valence-electron chi connectivity index (χ2n) is 3.50. The fourth-order valence-electron chi connectivity index (χ4n) is 1.62. The SMILES string of the molecule is Cc1nc(C)n(-c2ccccc2C(N)=S)n1. The lowest BCUT2D eigenvalue weighted by atomic mass is 10.2. The molecule has 0 bridgehead atoms. The number of benzene rings is 1. The summed E-state index contributed by atoms with van der Waals surface area (Å²) in [5.74, 6) is 1.55. The molecule has 0 aliphatic rings. The van der Waals surface area contributed by atoms with Crippen molar-refractivity contribution in [2.24, 2.45) is 5.73 Å². The van der Waals surface area contributed by atoms with Gasteiger partial charge in [0.15, 0.2) is 0 Å². The highest BCUT2D eigenvalue weighted by atomic mass is 32.1. The fourth-order valence-corrected chi connectivity index (χ4v) is 1.79. The molecular weight excluding hydrogens is 220 g/mol. The van der Waals surface area contributed by atoms with Crippen molar-refractivity contribution >= 4 is 17.2 Å². The Labute approximate surface area is 99.1 Å². The van der Waals surface area contributed by atoms with E-state index < -0.39 is 0 Å². The van der Waals surface area contributed by atoms with E-state index >= 15 is 0 Å². The Balaban J connectivity index is 2.64. The van der Waals surface area contributed by atoms with Crippen LogP contribution in [-0.4, -0.2) is 19.8 Å². The first-order chi connectivity index (χ1) is 7.59. The van der Waals surface area contributed by atoms with Crippen LogP contribution >= 0.6 is 12.2 Å². The molecule has 2 rings (SSSR count). The first-order valence-corrected chi connectivity index (χ1v) is 5.30. The predicted octanol–water partition coefficient (Wildman–Crippen LogP) is 1.52. The molecule has 2 aromatic rings. The van der Waals surface area contributed by atoms with Crippen molar-refractivity contribution in [3.8, 4) is 5.69 Å². The number of hydrogen-bond donors (Lipinski definition) is 1. The Morgan fingerprint density at radius 2 is 2.00 bits per heavy atom. The van der Waals surface area contributed by atoms with Crippen LogP contribution in [0.15, 0.2) is 24.3 Å². The highest BCUT2D eigenvalue weighted by Crippen LogP contribution is 2.15. The summed E-state index contributed by atoms with van der Waals surface area (Å²) < 4.78 is 1.75. The van der Waals surface area contributed by atoms with Gasteiger partial charge < -0.3 is 5.73 Å². The lowest BCUT2D eigenvalue weighted by Crippen LogP contribution is -2.14. The topological polar surface area (TPSA) is 56.7 Å². The first kappa shape index (κ1) is 10.8. The number of hydrogen-bond acceptors (Lipinski definition) is 3. The zero-order chi connectivity index (χ0) is 11.7. The number of rotatable bonds is 2. The minimum Gasteiger partial charge on any atom is -0.389 e. The van der Waals surface area contributed by atoms with Crippen LogP contribution in [0.4, 0.5) is 0 Å². The third-order valence-electron chi connectivity index (χ3n) is 2.27. The highest BCUT2D eigenvalue weighted by molar-refractivity contribution is 7.80. The summed E-state index contributed by atoms with van der Waals surface area (Å²) in [5, 5.41) is 4.31. The van der Waals surface area contributed by atoms with Crippen molar-refractivity contribution in [3.05, 3.63) is 41.5 Å². The summed E-state index contributed by atoms with van der Waals surface area (Å²) in [6.07, 6.45) is 0. The third-order valence-corrected chi connectivity index (χ3v) is 2.49. The number of thiocarbonyl (C=S) groups is 1. The zero-order valence-electron chi connectivity index (χ0n) is 9.14. The van der Waals surface area contributed by atoms with E-state index in [0.717, 1.165) is 22.9 Å². The number of para-hydroxylation sites is 1.